The van der Waals surface area contributed by atoms with Crippen molar-refractivity contribution in [2.45, 2.75) is 31.1 Å². The molecule has 2 unspecified atom stereocenters. The first-order valence-corrected chi connectivity index (χ1v) is 7.58. The van der Waals surface area contributed by atoms with Gasteiger partial charge in [-0.05, 0) is 35.9 Å². The van der Waals surface area contributed by atoms with Gasteiger partial charge in [0.05, 0.1) is 0 Å². The number of thioether (sulfide) groups is 1. The Balaban J connectivity index is 1.51. The summed E-state index contributed by atoms with van der Waals surface area (Å²) in [7, 11) is 0. The van der Waals surface area contributed by atoms with E-state index in [2.05, 4.69) is 43.4 Å². The van der Waals surface area contributed by atoms with Crippen LogP contribution in [-0.2, 0) is 0 Å². The van der Waals surface area contributed by atoms with Gasteiger partial charge < -0.3 is 5.32 Å². The number of benzene rings is 1. The number of fused-ring (bicyclic) bond motifs is 1. The molecule has 1 heterocycles. The molecular weight excluding hydrogens is 226 g/mol. The summed E-state index contributed by atoms with van der Waals surface area (Å²) >= 11 is 2.01. The van der Waals surface area contributed by atoms with Crippen molar-refractivity contribution in [2.24, 2.45) is 11.3 Å². The van der Waals surface area contributed by atoms with Crippen molar-refractivity contribution in [3.05, 3.63) is 29.8 Å². The average molecular weight is 247 g/mol. The van der Waals surface area contributed by atoms with Crippen LogP contribution in [0.1, 0.15) is 31.7 Å². The van der Waals surface area contributed by atoms with Gasteiger partial charge in [0.25, 0.3) is 0 Å². The summed E-state index contributed by atoms with van der Waals surface area (Å²) in [6.07, 6.45) is 1.40. The Morgan fingerprint density at radius 3 is 2.82 bits per heavy atom. The van der Waals surface area contributed by atoms with E-state index in [-0.39, 0.29) is 0 Å². The molecule has 1 aliphatic heterocycles. The molecule has 1 aromatic rings. The van der Waals surface area contributed by atoms with E-state index in [1.165, 1.54) is 23.6 Å². The van der Waals surface area contributed by atoms with Gasteiger partial charge in [-0.3, -0.25) is 0 Å². The first-order chi connectivity index (χ1) is 8.17. The molecule has 0 aromatic heterocycles. The average Bonchev–Trinajstić information content (AvgIpc) is 2.74. The zero-order valence-electron chi connectivity index (χ0n) is 10.7. The van der Waals surface area contributed by atoms with E-state index in [9.17, 15) is 0 Å². The van der Waals surface area contributed by atoms with Crippen molar-refractivity contribution < 1.29 is 0 Å². The highest BCUT2D eigenvalue weighted by Gasteiger charge is 2.44. The third kappa shape index (κ3) is 2.38. The molecule has 1 N–H and O–H groups in total. The van der Waals surface area contributed by atoms with Crippen LogP contribution in [0.25, 0.3) is 0 Å². The summed E-state index contributed by atoms with van der Waals surface area (Å²) in [4.78, 5) is 1.49. The topological polar surface area (TPSA) is 12.0 Å². The summed E-state index contributed by atoms with van der Waals surface area (Å²) < 4.78 is 0. The summed E-state index contributed by atoms with van der Waals surface area (Å²) in [6.45, 7) is 7.10. The second kappa shape index (κ2) is 4.33. The lowest BCUT2D eigenvalue weighted by atomic mass is 10.0. The van der Waals surface area contributed by atoms with Crippen LogP contribution in [0.4, 0.5) is 0 Å². The predicted octanol–water partition coefficient (Wildman–Crippen LogP) is 3.51. The molecule has 1 fully saturated rings. The number of hydrogen-bond acceptors (Lipinski definition) is 2. The Kier molecular flexibility index (Phi) is 2.95. The van der Waals surface area contributed by atoms with Gasteiger partial charge in [0.2, 0.25) is 0 Å². The lowest BCUT2D eigenvalue weighted by molar-refractivity contribution is 0.509. The highest BCUT2D eigenvalue weighted by atomic mass is 32.2. The fourth-order valence-corrected chi connectivity index (χ4v) is 4.01. The molecule has 1 aromatic carbocycles. The first kappa shape index (κ1) is 11.6. The van der Waals surface area contributed by atoms with Crippen molar-refractivity contribution in [3.63, 3.8) is 0 Å². The molecule has 17 heavy (non-hydrogen) atoms. The standard InChI is InChI=1S/C15H21NS/c1-15(2)7-12(15)9-16-8-11-10-17-14-6-4-3-5-13(11)14/h3-6,11-12,16H,7-10H2,1-2H3. The van der Waals surface area contributed by atoms with Gasteiger partial charge in [0.15, 0.2) is 0 Å². The SMILES string of the molecule is CC1(C)CC1CNCC1CSc2ccccc21. The van der Waals surface area contributed by atoms with Gasteiger partial charge in [-0.2, -0.15) is 0 Å². The summed E-state index contributed by atoms with van der Waals surface area (Å²) in [5.74, 6) is 2.88. The molecule has 1 nitrogen and oxygen atoms in total. The molecule has 0 radical (unpaired) electrons. The Morgan fingerprint density at radius 2 is 2.06 bits per heavy atom. The van der Waals surface area contributed by atoms with Gasteiger partial charge >= 0.3 is 0 Å². The number of nitrogens with one attached hydrogen (secondary N) is 1. The molecule has 2 aliphatic rings. The molecule has 2 atom stereocenters. The summed E-state index contributed by atoms with van der Waals surface area (Å²) in [6, 6.07) is 8.86. The quantitative estimate of drug-likeness (QED) is 0.874. The van der Waals surface area contributed by atoms with Gasteiger partial charge in [-0.15, -0.1) is 11.8 Å². The van der Waals surface area contributed by atoms with Crippen molar-refractivity contribution in [3.8, 4) is 0 Å². The van der Waals surface area contributed by atoms with Crippen molar-refractivity contribution >= 4 is 11.8 Å². The lowest BCUT2D eigenvalue weighted by Crippen LogP contribution is -2.24. The van der Waals surface area contributed by atoms with E-state index in [1.54, 1.807) is 5.56 Å². The van der Waals surface area contributed by atoms with Crippen LogP contribution in [0, 0.1) is 11.3 Å². The summed E-state index contributed by atoms with van der Waals surface area (Å²) in [5, 5.41) is 3.67. The Hall–Kier alpha value is -0.470. The minimum atomic E-state index is 0.606. The van der Waals surface area contributed by atoms with Gasteiger partial charge in [-0.25, -0.2) is 0 Å². The maximum Gasteiger partial charge on any atom is 0.0108 e. The maximum absolute atomic E-state index is 3.67. The molecule has 0 bridgehead atoms. The van der Waals surface area contributed by atoms with Crippen LogP contribution in [0.15, 0.2) is 29.2 Å². The van der Waals surface area contributed by atoms with Crippen LogP contribution in [0.2, 0.25) is 0 Å². The molecular formula is C15H21NS. The molecule has 0 saturated heterocycles. The van der Waals surface area contributed by atoms with Crippen molar-refractivity contribution in [1.82, 2.24) is 5.32 Å². The molecule has 0 spiro atoms. The monoisotopic (exact) mass is 247 g/mol. The molecule has 1 saturated carbocycles. The number of hydrogen-bond donors (Lipinski definition) is 1. The van der Waals surface area contributed by atoms with E-state index in [0.717, 1.165) is 18.4 Å². The minimum Gasteiger partial charge on any atom is -0.316 e. The van der Waals surface area contributed by atoms with Crippen LogP contribution < -0.4 is 5.32 Å². The Bertz CT molecular complexity index is 413. The maximum atomic E-state index is 3.67. The normalized spacial score (nSPS) is 29.1. The van der Waals surface area contributed by atoms with Gasteiger partial charge in [0.1, 0.15) is 0 Å². The first-order valence-electron chi connectivity index (χ1n) is 6.59. The fourth-order valence-electron chi connectivity index (χ4n) is 2.75. The Labute approximate surface area is 108 Å². The molecule has 2 heteroatoms. The highest BCUT2D eigenvalue weighted by Crippen LogP contribution is 2.51. The zero-order chi connectivity index (χ0) is 11.9. The Morgan fingerprint density at radius 1 is 1.29 bits per heavy atom. The van der Waals surface area contributed by atoms with Crippen molar-refractivity contribution in [1.29, 1.82) is 0 Å². The van der Waals surface area contributed by atoms with E-state index < -0.39 is 0 Å². The third-order valence-corrected chi connectivity index (χ3v) is 5.55. The van der Waals surface area contributed by atoms with Crippen molar-refractivity contribution in [2.75, 3.05) is 18.8 Å². The van der Waals surface area contributed by atoms with Gasteiger partial charge in [-0.1, -0.05) is 32.0 Å². The van der Waals surface area contributed by atoms with E-state index in [1.807, 2.05) is 11.8 Å². The summed E-state index contributed by atoms with van der Waals surface area (Å²) in [5.41, 5.74) is 2.16. The molecule has 3 rings (SSSR count). The van der Waals surface area contributed by atoms with Crippen LogP contribution in [0.3, 0.4) is 0 Å². The third-order valence-electron chi connectivity index (χ3n) is 4.30. The van der Waals surface area contributed by atoms with Crippen LogP contribution in [0.5, 0.6) is 0 Å². The largest absolute Gasteiger partial charge is 0.316 e. The number of rotatable bonds is 4. The van der Waals surface area contributed by atoms with E-state index >= 15 is 0 Å². The second-order valence-corrected chi connectivity index (χ2v) is 7.16. The predicted molar refractivity (Wildman–Crippen MR) is 74.7 cm³/mol. The molecule has 0 amide bonds. The van der Waals surface area contributed by atoms with E-state index in [0.29, 0.717) is 5.41 Å². The minimum absolute atomic E-state index is 0.606. The molecule has 1 aliphatic carbocycles. The smallest absolute Gasteiger partial charge is 0.0108 e. The fraction of sp³-hybridized carbons (Fsp3) is 0.600. The van der Waals surface area contributed by atoms with E-state index in [4.69, 9.17) is 0 Å². The van der Waals surface area contributed by atoms with Gasteiger partial charge in [0, 0.05) is 23.1 Å². The second-order valence-electron chi connectivity index (χ2n) is 6.09. The lowest BCUT2D eigenvalue weighted by Gasteiger charge is -2.12. The molecule has 92 valence electrons. The van der Waals surface area contributed by atoms with Crippen LogP contribution in [-0.4, -0.2) is 18.8 Å². The highest BCUT2D eigenvalue weighted by molar-refractivity contribution is 7.99. The van der Waals surface area contributed by atoms with Crippen LogP contribution >= 0.6 is 11.8 Å². The zero-order valence-corrected chi connectivity index (χ0v) is 11.5.